The number of hydrogen-bond acceptors (Lipinski definition) is 6. The molecule has 4 aromatic carbocycles. The molecule has 3 heterocycles. The highest BCUT2D eigenvalue weighted by atomic mass is 35.5. The van der Waals surface area contributed by atoms with Crippen molar-refractivity contribution >= 4 is 68.3 Å². The first-order valence-corrected chi connectivity index (χ1v) is 16.6. The number of ether oxygens (including phenoxy) is 2. The van der Waals surface area contributed by atoms with Gasteiger partial charge in [-0.05, 0) is 60.5 Å². The second-order valence-corrected chi connectivity index (χ2v) is 13.0. The van der Waals surface area contributed by atoms with Gasteiger partial charge in [0.2, 0.25) is 0 Å². The third-order valence-corrected chi connectivity index (χ3v) is 9.97. The molecular weight excluding hydrogens is 653 g/mol. The number of fused-ring (bicyclic) bond motifs is 3. The van der Waals surface area contributed by atoms with Crippen molar-refractivity contribution < 1.29 is 14.3 Å². The molecule has 1 atom stereocenters. The minimum atomic E-state index is -0.818. The second kappa shape index (κ2) is 12.5. The Morgan fingerprint density at radius 1 is 1.02 bits per heavy atom. The largest absolute Gasteiger partial charge is 0.496 e. The highest BCUT2D eigenvalue weighted by Crippen LogP contribution is 2.40. The number of benzene rings is 4. The fraction of sp³-hybridized carbons (Fsp3) is 0.162. The lowest BCUT2D eigenvalue weighted by Gasteiger charge is -2.27. The van der Waals surface area contributed by atoms with E-state index in [-0.39, 0.29) is 12.2 Å². The van der Waals surface area contributed by atoms with Crippen LogP contribution in [0.2, 0.25) is 10.0 Å². The smallest absolute Gasteiger partial charge is 0.338 e. The summed E-state index contributed by atoms with van der Waals surface area (Å²) >= 11 is 14.0. The monoisotopic (exact) mass is 681 g/mol. The summed E-state index contributed by atoms with van der Waals surface area (Å²) in [5.41, 5.74) is 4.03. The van der Waals surface area contributed by atoms with Gasteiger partial charge in [0.15, 0.2) is 4.80 Å². The van der Waals surface area contributed by atoms with Gasteiger partial charge in [0.05, 0.1) is 29.5 Å². The van der Waals surface area contributed by atoms with E-state index in [2.05, 4.69) is 4.57 Å². The maximum absolute atomic E-state index is 14.5. The lowest BCUT2D eigenvalue weighted by molar-refractivity contribution is -0.139. The van der Waals surface area contributed by atoms with Crippen molar-refractivity contribution in [2.75, 3.05) is 13.7 Å². The predicted octanol–water partition coefficient (Wildman–Crippen LogP) is 7.27. The van der Waals surface area contributed by atoms with Gasteiger partial charge in [-0.25, -0.2) is 9.79 Å². The van der Waals surface area contributed by atoms with Gasteiger partial charge in [-0.2, -0.15) is 0 Å². The number of rotatable bonds is 7. The molecule has 0 saturated carbocycles. The molecule has 0 saturated heterocycles. The molecule has 0 amide bonds. The Hall–Kier alpha value is -4.63. The average molecular weight is 683 g/mol. The fourth-order valence-electron chi connectivity index (χ4n) is 6.30. The van der Waals surface area contributed by atoms with Crippen LogP contribution in [0, 0.1) is 0 Å². The van der Waals surface area contributed by atoms with Gasteiger partial charge in [0.25, 0.3) is 5.56 Å². The van der Waals surface area contributed by atoms with Crippen LogP contribution >= 0.6 is 34.5 Å². The number of methoxy groups -OCH3 is 1. The fourth-order valence-corrected chi connectivity index (χ4v) is 7.80. The van der Waals surface area contributed by atoms with Crippen LogP contribution in [0.25, 0.3) is 27.8 Å². The maximum Gasteiger partial charge on any atom is 0.338 e. The molecule has 2 aromatic heterocycles. The van der Waals surface area contributed by atoms with Crippen LogP contribution in [0.15, 0.2) is 106 Å². The molecule has 10 heteroatoms. The Kier molecular flexibility index (Phi) is 8.26. The number of esters is 1. The van der Waals surface area contributed by atoms with Crippen LogP contribution < -0.4 is 19.6 Å². The van der Waals surface area contributed by atoms with Gasteiger partial charge < -0.3 is 14.0 Å². The van der Waals surface area contributed by atoms with Crippen LogP contribution in [0.4, 0.5) is 0 Å². The highest BCUT2D eigenvalue weighted by molar-refractivity contribution is 7.07. The summed E-state index contributed by atoms with van der Waals surface area (Å²) in [6.07, 6.45) is 3.92. The topological polar surface area (TPSA) is 74.8 Å². The second-order valence-electron chi connectivity index (χ2n) is 11.2. The maximum atomic E-state index is 14.5. The first-order valence-electron chi connectivity index (χ1n) is 15.1. The minimum absolute atomic E-state index is 0.185. The number of hydrogen-bond donors (Lipinski definition) is 0. The third kappa shape index (κ3) is 5.46. The molecular formula is C37H29Cl2N3O4S. The molecule has 0 bridgehead atoms. The van der Waals surface area contributed by atoms with Gasteiger partial charge in [-0.15, -0.1) is 0 Å². The van der Waals surface area contributed by atoms with Gasteiger partial charge in [-0.1, -0.05) is 89.1 Å². The normalized spacial score (nSPS) is 14.8. The molecule has 0 fully saturated rings. The zero-order chi connectivity index (χ0) is 32.8. The number of thiazole rings is 1. The number of halogens is 2. The Balaban J connectivity index is 1.45. The number of aromatic nitrogens is 2. The summed E-state index contributed by atoms with van der Waals surface area (Å²) in [5.74, 6) is 0.0376. The summed E-state index contributed by atoms with van der Waals surface area (Å²) in [6, 6.07) is 24.4. The number of carbonyl (C=O) groups excluding carboxylic acids is 1. The lowest BCUT2D eigenvalue weighted by atomic mass is 9.90. The summed E-state index contributed by atoms with van der Waals surface area (Å²) in [4.78, 5) is 33.3. The van der Waals surface area contributed by atoms with Crippen LogP contribution in [0.3, 0.4) is 0 Å². The van der Waals surface area contributed by atoms with Crippen molar-refractivity contribution in [2.24, 2.45) is 4.99 Å². The van der Waals surface area contributed by atoms with E-state index in [0.29, 0.717) is 48.5 Å². The first-order chi connectivity index (χ1) is 22.8. The molecule has 7 rings (SSSR count). The van der Waals surface area contributed by atoms with E-state index >= 15 is 0 Å². The van der Waals surface area contributed by atoms with E-state index < -0.39 is 12.0 Å². The summed E-state index contributed by atoms with van der Waals surface area (Å²) < 4.78 is 15.6. The van der Waals surface area contributed by atoms with Crippen molar-refractivity contribution in [1.82, 2.24) is 9.13 Å². The Labute approximate surface area is 284 Å². The first kappa shape index (κ1) is 31.0. The molecule has 1 aliphatic rings. The quantitative estimate of drug-likeness (QED) is 0.166. The number of para-hydroxylation sites is 1. The van der Waals surface area contributed by atoms with Crippen LogP contribution in [0.5, 0.6) is 5.75 Å². The van der Waals surface area contributed by atoms with Crippen LogP contribution in [0.1, 0.15) is 36.6 Å². The molecule has 0 aliphatic carbocycles. The van der Waals surface area contributed by atoms with E-state index in [1.165, 1.54) is 11.3 Å². The van der Waals surface area contributed by atoms with Gasteiger partial charge in [0, 0.05) is 44.8 Å². The predicted molar refractivity (Wildman–Crippen MR) is 188 cm³/mol. The van der Waals surface area contributed by atoms with Gasteiger partial charge >= 0.3 is 5.97 Å². The Morgan fingerprint density at radius 3 is 2.55 bits per heavy atom. The molecule has 236 valence electrons. The van der Waals surface area contributed by atoms with Crippen molar-refractivity contribution in [3.05, 3.63) is 143 Å². The van der Waals surface area contributed by atoms with Gasteiger partial charge in [0.1, 0.15) is 11.8 Å². The van der Waals surface area contributed by atoms with Crippen molar-refractivity contribution in [3.63, 3.8) is 0 Å². The van der Waals surface area contributed by atoms with E-state index in [0.717, 1.165) is 32.8 Å². The molecule has 0 spiro atoms. The number of allylic oxidation sites excluding steroid dienone is 1. The van der Waals surface area contributed by atoms with E-state index in [1.54, 1.807) is 31.6 Å². The third-order valence-electron chi connectivity index (χ3n) is 8.40. The molecule has 0 radical (unpaired) electrons. The van der Waals surface area contributed by atoms with Crippen LogP contribution in [-0.2, 0) is 16.1 Å². The zero-order valence-corrected chi connectivity index (χ0v) is 28.1. The van der Waals surface area contributed by atoms with Crippen molar-refractivity contribution in [3.8, 4) is 5.75 Å². The molecule has 6 aromatic rings. The SMILES string of the molecule is CCOC(=O)C1=C(C)N=c2s/c(=C\c3cn(Cc4ccc(Cl)cc4Cl)c4ccccc34)c(=O)n2[C@@H]1c1c(OC)ccc2ccccc12. The number of carbonyl (C=O) groups is 1. The summed E-state index contributed by atoms with van der Waals surface area (Å²) in [5, 5.41) is 3.97. The molecule has 1 aliphatic heterocycles. The summed E-state index contributed by atoms with van der Waals surface area (Å²) in [6.45, 7) is 4.25. The van der Waals surface area contributed by atoms with Crippen LogP contribution in [-0.4, -0.2) is 28.8 Å². The van der Waals surface area contributed by atoms with Crippen molar-refractivity contribution in [2.45, 2.75) is 26.4 Å². The lowest BCUT2D eigenvalue weighted by Crippen LogP contribution is -2.40. The van der Waals surface area contributed by atoms with Crippen molar-refractivity contribution in [1.29, 1.82) is 0 Å². The highest BCUT2D eigenvalue weighted by Gasteiger charge is 2.36. The van der Waals surface area contributed by atoms with Gasteiger partial charge in [-0.3, -0.25) is 9.36 Å². The summed E-state index contributed by atoms with van der Waals surface area (Å²) in [7, 11) is 1.59. The average Bonchev–Trinajstić information content (AvgIpc) is 3.57. The molecule has 47 heavy (non-hydrogen) atoms. The van der Waals surface area contributed by atoms with E-state index in [4.69, 9.17) is 37.7 Å². The molecule has 7 nitrogen and oxygen atoms in total. The minimum Gasteiger partial charge on any atom is -0.496 e. The standard InChI is InChI=1S/C37H29Cl2N3O4S/c1-4-46-36(44)32-21(2)40-37-42(34(32)33-27-11-6-5-9-22(27)14-16-30(33)45-3)35(43)31(47-37)17-24-20-41(29-12-8-7-10-26(24)29)19-23-13-15-25(38)18-28(23)39/h5-18,20,34H,4,19H2,1-3H3/b31-17-/t34-/m0/s1. The molecule has 0 N–H and O–H groups in total. The Bertz CT molecular complexity index is 2440. The van der Waals surface area contributed by atoms with E-state index in [1.807, 2.05) is 85.1 Å². The zero-order valence-electron chi connectivity index (χ0n) is 25.8. The van der Waals surface area contributed by atoms with E-state index in [9.17, 15) is 9.59 Å². The Morgan fingerprint density at radius 2 is 1.79 bits per heavy atom. The molecule has 0 unspecified atom stereocenters. The number of nitrogens with zero attached hydrogens (tertiary/aromatic N) is 3.